The second-order valence-corrected chi connectivity index (χ2v) is 6.15. The van der Waals surface area contributed by atoms with Crippen molar-refractivity contribution >= 4 is 29.7 Å². The van der Waals surface area contributed by atoms with Crippen LogP contribution in [-0.2, 0) is 23.9 Å². The summed E-state index contributed by atoms with van der Waals surface area (Å²) in [5.74, 6) is -3.21. The summed E-state index contributed by atoms with van der Waals surface area (Å²) in [6.07, 6.45) is 1.78. The van der Waals surface area contributed by atoms with Crippen molar-refractivity contribution < 1.29 is 28.7 Å². The summed E-state index contributed by atoms with van der Waals surface area (Å²) in [6.45, 7) is 2.64. The van der Waals surface area contributed by atoms with E-state index >= 15 is 0 Å². The van der Waals surface area contributed by atoms with Gasteiger partial charge in [-0.3, -0.25) is 24.6 Å². The molecular weight excluding hydrogens is 318 g/mol. The molecule has 0 unspecified atom stereocenters. The Balaban J connectivity index is 2.02. The number of esters is 1. The first-order valence-corrected chi connectivity index (χ1v) is 7.91. The van der Waals surface area contributed by atoms with Gasteiger partial charge in [-0.05, 0) is 26.7 Å². The quantitative estimate of drug-likeness (QED) is 0.532. The number of fused-ring (bicyclic) bond motifs is 1. The SMILES string of the molecule is C[C@H](OC(=O)[C@H](C)N1C(=O)[C@H]2CCCC[C@H]2C1=O)C(=O)NC(N)=O. The average molecular weight is 339 g/mol. The first-order chi connectivity index (χ1) is 11.2. The summed E-state index contributed by atoms with van der Waals surface area (Å²) in [4.78, 5) is 60.1. The van der Waals surface area contributed by atoms with Crippen LogP contribution in [0.15, 0.2) is 0 Å². The number of imide groups is 2. The van der Waals surface area contributed by atoms with Crippen molar-refractivity contribution in [2.45, 2.75) is 51.7 Å². The minimum Gasteiger partial charge on any atom is -0.451 e. The Hall–Kier alpha value is -2.45. The molecule has 0 bridgehead atoms. The molecule has 24 heavy (non-hydrogen) atoms. The van der Waals surface area contributed by atoms with Crippen LogP contribution in [0.1, 0.15) is 39.5 Å². The second-order valence-electron chi connectivity index (χ2n) is 6.15. The number of nitrogens with one attached hydrogen (secondary N) is 1. The monoisotopic (exact) mass is 339 g/mol. The molecule has 1 heterocycles. The zero-order valence-corrected chi connectivity index (χ0v) is 13.6. The number of likely N-dealkylation sites (tertiary alicyclic amines) is 1. The Labute approximate surface area is 138 Å². The van der Waals surface area contributed by atoms with Crippen LogP contribution < -0.4 is 11.1 Å². The summed E-state index contributed by atoms with van der Waals surface area (Å²) in [7, 11) is 0. The van der Waals surface area contributed by atoms with E-state index in [2.05, 4.69) is 0 Å². The molecule has 9 nitrogen and oxygen atoms in total. The molecule has 1 saturated heterocycles. The van der Waals surface area contributed by atoms with E-state index in [9.17, 15) is 24.0 Å². The lowest BCUT2D eigenvalue weighted by Crippen LogP contribution is -2.47. The number of nitrogens with two attached hydrogens (primary N) is 1. The van der Waals surface area contributed by atoms with Gasteiger partial charge < -0.3 is 10.5 Å². The van der Waals surface area contributed by atoms with Gasteiger partial charge in [0, 0.05) is 0 Å². The van der Waals surface area contributed by atoms with Gasteiger partial charge in [0.25, 0.3) is 5.91 Å². The second kappa shape index (κ2) is 6.98. The molecule has 5 amide bonds. The van der Waals surface area contributed by atoms with E-state index < -0.39 is 30.1 Å². The van der Waals surface area contributed by atoms with Crippen molar-refractivity contribution in [3.8, 4) is 0 Å². The summed E-state index contributed by atoms with van der Waals surface area (Å²) in [6, 6.07) is -2.19. The fourth-order valence-electron chi connectivity index (χ4n) is 3.22. The van der Waals surface area contributed by atoms with Crippen LogP contribution in [0, 0.1) is 11.8 Å². The van der Waals surface area contributed by atoms with Crippen LogP contribution in [0.4, 0.5) is 4.79 Å². The largest absolute Gasteiger partial charge is 0.451 e. The van der Waals surface area contributed by atoms with Gasteiger partial charge >= 0.3 is 12.0 Å². The van der Waals surface area contributed by atoms with Gasteiger partial charge in [-0.2, -0.15) is 0 Å². The van der Waals surface area contributed by atoms with Gasteiger partial charge in [-0.1, -0.05) is 12.8 Å². The number of hydrogen-bond acceptors (Lipinski definition) is 6. The highest BCUT2D eigenvalue weighted by atomic mass is 16.5. The number of amides is 5. The smallest absolute Gasteiger partial charge is 0.329 e. The zero-order valence-electron chi connectivity index (χ0n) is 13.6. The molecule has 2 aliphatic rings. The van der Waals surface area contributed by atoms with Gasteiger partial charge in [-0.25, -0.2) is 9.59 Å². The number of primary amides is 1. The van der Waals surface area contributed by atoms with Crippen molar-refractivity contribution in [3.05, 3.63) is 0 Å². The van der Waals surface area contributed by atoms with Gasteiger partial charge in [0.2, 0.25) is 11.8 Å². The van der Waals surface area contributed by atoms with Crippen LogP contribution in [0.5, 0.6) is 0 Å². The Bertz CT molecular complexity index is 566. The molecule has 4 atom stereocenters. The molecule has 0 aromatic carbocycles. The van der Waals surface area contributed by atoms with Crippen LogP contribution in [0.2, 0.25) is 0 Å². The highest BCUT2D eigenvalue weighted by molar-refractivity contribution is 6.08. The molecule has 3 N–H and O–H groups in total. The number of urea groups is 1. The van der Waals surface area contributed by atoms with Crippen molar-refractivity contribution in [2.75, 3.05) is 0 Å². The zero-order chi connectivity index (χ0) is 18.0. The van der Waals surface area contributed by atoms with Gasteiger partial charge in [-0.15, -0.1) is 0 Å². The number of carbonyl (C=O) groups is 5. The van der Waals surface area contributed by atoms with E-state index in [1.807, 2.05) is 0 Å². The van der Waals surface area contributed by atoms with E-state index in [1.54, 1.807) is 5.32 Å². The molecule has 1 aliphatic carbocycles. The third-order valence-electron chi connectivity index (χ3n) is 4.51. The third-order valence-corrected chi connectivity index (χ3v) is 4.51. The Morgan fingerprint density at radius 3 is 2.08 bits per heavy atom. The van der Waals surface area contributed by atoms with E-state index in [0.717, 1.165) is 17.7 Å². The minimum absolute atomic E-state index is 0.358. The summed E-state index contributed by atoms with van der Waals surface area (Å²) < 4.78 is 4.93. The number of rotatable bonds is 4. The Morgan fingerprint density at radius 1 is 1.12 bits per heavy atom. The van der Waals surface area contributed by atoms with Crippen molar-refractivity contribution in [3.63, 3.8) is 0 Å². The molecule has 2 rings (SSSR count). The number of carbonyl (C=O) groups excluding carboxylic acids is 5. The van der Waals surface area contributed by atoms with Crippen molar-refractivity contribution in [1.29, 1.82) is 0 Å². The summed E-state index contributed by atoms with van der Waals surface area (Å²) in [5.41, 5.74) is 4.82. The van der Waals surface area contributed by atoms with E-state index in [1.165, 1.54) is 13.8 Å². The molecule has 9 heteroatoms. The van der Waals surface area contributed by atoms with Crippen molar-refractivity contribution in [2.24, 2.45) is 17.6 Å². The predicted molar refractivity (Wildman–Crippen MR) is 80.0 cm³/mol. The molecule has 132 valence electrons. The summed E-state index contributed by atoms with van der Waals surface area (Å²) >= 11 is 0. The van der Waals surface area contributed by atoms with Gasteiger partial charge in [0.1, 0.15) is 6.04 Å². The topological polar surface area (TPSA) is 136 Å². The first kappa shape index (κ1) is 17.9. The Morgan fingerprint density at radius 2 is 1.62 bits per heavy atom. The number of ether oxygens (including phenoxy) is 1. The van der Waals surface area contributed by atoms with Crippen molar-refractivity contribution in [1.82, 2.24) is 10.2 Å². The van der Waals surface area contributed by atoms with E-state index in [4.69, 9.17) is 10.5 Å². The molecule has 2 fully saturated rings. The minimum atomic E-state index is -1.28. The van der Waals surface area contributed by atoms with E-state index in [0.29, 0.717) is 12.8 Å². The predicted octanol–water partition coefficient (Wildman–Crippen LogP) is -0.323. The molecule has 0 spiro atoms. The third kappa shape index (κ3) is 3.39. The maximum absolute atomic E-state index is 12.4. The van der Waals surface area contributed by atoms with Crippen LogP contribution in [-0.4, -0.2) is 46.8 Å². The Kier molecular flexibility index (Phi) is 5.20. The fraction of sp³-hybridized carbons (Fsp3) is 0.667. The lowest BCUT2D eigenvalue weighted by molar-refractivity contribution is -0.163. The lowest BCUT2D eigenvalue weighted by Gasteiger charge is -2.23. The molecule has 0 aromatic heterocycles. The van der Waals surface area contributed by atoms with Crippen LogP contribution in [0.3, 0.4) is 0 Å². The molecule has 1 aliphatic heterocycles. The van der Waals surface area contributed by atoms with E-state index in [-0.39, 0.29) is 23.7 Å². The lowest BCUT2D eigenvalue weighted by atomic mass is 9.81. The van der Waals surface area contributed by atoms with Gasteiger partial charge in [0.05, 0.1) is 11.8 Å². The van der Waals surface area contributed by atoms with Crippen LogP contribution >= 0.6 is 0 Å². The molecule has 1 saturated carbocycles. The number of hydrogen-bond donors (Lipinski definition) is 2. The molecule has 0 radical (unpaired) electrons. The fourth-order valence-corrected chi connectivity index (χ4v) is 3.22. The standard InChI is InChI=1S/C15H21N3O6/c1-7(14(22)24-8(2)11(19)17-15(16)23)18-12(20)9-5-3-4-6-10(9)13(18)21/h7-10H,3-6H2,1-2H3,(H3,16,17,19,23)/t7-,8-,9-,10+/m0/s1. The first-order valence-electron chi connectivity index (χ1n) is 7.91. The molecular formula is C15H21N3O6. The van der Waals surface area contributed by atoms with Crippen LogP contribution in [0.25, 0.3) is 0 Å². The average Bonchev–Trinajstić information content (AvgIpc) is 2.78. The highest BCUT2D eigenvalue weighted by Crippen LogP contribution is 2.38. The molecule has 0 aromatic rings. The maximum atomic E-state index is 12.4. The number of nitrogens with zero attached hydrogens (tertiary/aromatic N) is 1. The van der Waals surface area contributed by atoms with Gasteiger partial charge in [0.15, 0.2) is 6.10 Å². The highest BCUT2D eigenvalue weighted by Gasteiger charge is 2.51. The normalized spacial score (nSPS) is 25.7. The summed E-state index contributed by atoms with van der Waals surface area (Å²) in [5, 5.41) is 1.79. The maximum Gasteiger partial charge on any atom is 0.329 e.